The summed E-state index contributed by atoms with van der Waals surface area (Å²) in [5, 5.41) is 15.5. The van der Waals surface area contributed by atoms with Gasteiger partial charge in [0.05, 0.1) is 0 Å². The van der Waals surface area contributed by atoms with Gasteiger partial charge in [-0.3, -0.25) is 0 Å². The van der Waals surface area contributed by atoms with Crippen molar-refractivity contribution >= 4 is 17.2 Å². The molecule has 0 aliphatic carbocycles. The number of hydrogen-bond acceptors (Lipinski definition) is 6. The van der Waals surface area contributed by atoms with Gasteiger partial charge in [0.25, 0.3) is 0 Å². The molecule has 2 aromatic heterocycles. The first kappa shape index (κ1) is 11.5. The third-order valence-corrected chi connectivity index (χ3v) is 2.96. The van der Waals surface area contributed by atoms with Crippen LogP contribution in [0.4, 0.5) is 11.5 Å². The number of hydrogen-bond donors (Lipinski definition) is 1. The van der Waals surface area contributed by atoms with E-state index in [0.717, 1.165) is 17.1 Å². The van der Waals surface area contributed by atoms with Crippen LogP contribution in [0.3, 0.4) is 0 Å². The number of anilines is 2. The third kappa shape index (κ3) is 2.11. The number of tetrazole rings is 1. The first-order chi connectivity index (χ1) is 9.28. The maximum atomic E-state index is 5.59. The molecule has 96 valence electrons. The molecule has 2 heterocycles. The lowest BCUT2D eigenvalue weighted by Crippen LogP contribution is -2.13. The van der Waals surface area contributed by atoms with Crippen molar-refractivity contribution in [1.29, 1.82) is 0 Å². The number of aromatic nitrogens is 5. The average molecular weight is 255 g/mol. The van der Waals surface area contributed by atoms with Crippen LogP contribution in [0.2, 0.25) is 0 Å². The number of nitrogens with zero attached hydrogens (tertiary/aromatic N) is 6. The molecule has 7 heteroatoms. The molecule has 0 saturated carbocycles. The summed E-state index contributed by atoms with van der Waals surface area (Å²) in [6.45, 7) is 0.541. The fraction of sp³-hybridized carbons (Fsp3) is 0.167. The van der Waals surface area contributed by atoms with E-state index in [9.17, 15) is 0 Å². The van der Waals surface area contributed by atoms with Crippen molar-refractivity contribution in [2.24, 2.45) is 5.73 Å². The molecule has 0 saturated heterocycles. The van der Waals surface area contributed by atoms with Gasteiger partial charge in [0.1, 0.15) is 0 Å². The van der Waals surface area contributed by atoms with E-state index in [1.54, 1.807) is 0 Å². The van der Waals surface area contributed by atoms with Crippen molar-refractivity contribution in [3.8, 4) is 0 Å². The first-order valence-corrected chi connectivity index (χ1v) is 5.86. The van der Waals surface area contributed by atoms with Crippen LogP contribution in [-0.2, 0) is 6.54 Å². The second-order valence-corrected chi connectivity index (χ2v) is 4.15. The maximum absolute atomic E-state index is 5.59. The molecule has 1 aromatic carbocycles. The SMILES string of the molecule is CN(c1ccc(CN)cc1)c1ccc2nnnn2n1. The van der Waals surface area contributed by atoms with Crippen LogP contribution < -0.4 is 10.6 Å². The van der Waals surface area contributed by atoms with E-state index in [2.05, 4.69) is 20.6 Å². The molecule has 7 nitrogen and oxygen atoms in total. The molecule has 0 spiro atoms. The summed E-state index contributed by atoms with van der Waals surface area (Å²) in [6, 6.07) is 11.7. The Labute approximate surface area is 109 Å². The van der Waals surface area contributed by atoms with Gasteiger partial charge in [-0.15, -0.1) is 14.8 Å². The largest absolute Gasteiger partial charge is 0.328 e. The Bertz CT molecular complexity index is 689. The molecule has 0 fully saturated rings. The van der Waals surface area contributed by atoms with Crippen LogP contribution in [0, 0.1) is 0 Å². The fourth-order valence-corrected chi connectivity index (χ4v) is 1.81. The predicted molar refractivity (Wildman–Crippen MR) is 71.0 cm³/mol. The van der Waals surface area contributed by atoms with Crippen LogP contribution >= 0.6 is 0 Å². The maximum Gasteiger partial charge on any atom is 0.200 e. The van der Waals surface area contributed by atoms with Crippen molar-refractivity contribution in [2.75, 3.05) is 11.9 Å². The molecular formula is C12H13N7. The monoisotopic (exact) mass is 255 g/mol. The van der Waals surface area contributed by atoms with Gasteiger partial charge in [0.2, 0.25) is 0 Å². The molecule has 0 radical (unpaired) electrons. The van der Waals surface area contributed by atoms with Gasteiger partial charge >= 0.3 is 0 Å². The smallest absolute Gasteiger partial charge is 0.200 e. The fourth-order valence-electron chi connectivity index (χ4n) is 1.81. The molecule has 0 unspecified atom stereocenters. The Balaban J connectivity index is 1.94. The molecule has 0 aliphatic rings. The van der Waals surface area contributed by atoms with Crippen molar-refractivity contribution in [3.05, 3.63) is 42.0 Å². The van der Waals surface area contributed by atoms with Gasteiger partial charge in [0, 0.05) is 19.3 Å². The Morgan fingerprint density at radius 3 is 2.68 bits per heavy atom. The van der Waals surface area contributed by atoms with Crippen molar-refractivity contribution in [3.63, 3.8) is 0 Å². The second-order valence-electron chi connectivity index (χ2n) is 4.15. The molecule has 2 N–H and O–H groups in total. The van der Waals surface area contributed by atoms with Crippen LogP contribution in [0.1, 0.15) is 5.56 Å². The van der Waals surface area contributed by atoms with Crippen molar-refractivity contribution < 1.29 is 0 Å². The molecule has 3 rings (SSSR count). The molecule has 3 aromatic rings. The lowest BCUT2D eigenvalue weighted by atomic mass is 10.2. The second kappa shape index (κ2) is 4.62. The molecular weight excluding hydrogens is 242 g/mol. The Hall–Kier alpha value is -2.54. The van der Waals surface area contributed by atoms with E-state index >= 15 is 0 Å². The van der Waals surface area contributed by atoms with Crippen LogP contribution in [0.25, 0.3) is 5.65 Å². The number of benzene rings is 1. The minimum atomic E-state index is 0.541. The average Bonchev–Trinajstić information content (AvgIpc) is 2.94. The normalized spacial score (nSPS) is 10.8. The van der Waals surface area contributed by atoms with E-state index in [1.807, 2.05) is 48.3 Å². The van der Waals surface area contributed by atoms with Gasteiger partial charge in [-0.1, -0.05) is 12.1 Å². The van der Waals surface area contributed by atoms with Gasteiger partial charge in [-0.2, -0.15) is 0 Å². The van der Waals surface area contributed by atoms with Crippen molar-refractivity contribution in [2.45, 2.75) is 6.54 Å². The number of fused-ring (bicyclic) bond motifs is 1. The third-order valence-electron chi connectivity index (χ3n) is 2.96. The summed E-state index contributed by atoms with van der Waals surface area (Å²) in [4.78, 5) is 1.96. The summed E-state index contributed by atoms with van der Waals surface area (Å²) in [5.41, 5.74) is 8.33. The van der Waals surface area contributed by atoms with Crippen LogP contribution in [-0.4, -0.2) is 32.3 Å². The number of nitrogens with two attached hydrogens (primary N) is 1. The highest BCUT2D eigenvalue weighted by atomic mass is 15.6. The quantitative estimate of drug-likeness (QED) is 0.743. The van der Waals surface area contributed by atoms with E-state index in [4.69, 9.17) is 5.73 Å². The minimum absolute atomic E-state index is 0.541. The lowest BCUT2D eigenvalue weighted by molar-refractivity contribution is 0.731. The van der Waals surface area contributed by atoms with Gasteiger partial charge in [0.15, 0.2) is 11.5 Å². The van der Waals surface area contributed by atoms with E-state index in [0.29, 0.717) is 12.2 Å². The highest BCUT2D eigenvalue weighted by molar-refractivity contribution is 5.59. The zero-order chi connectivity index (χ0) is 13.2. The Morgan fingerprint density at radius 2 is 1.95 bits per heavy atom. The van der Waals surface area contributed by atoms with E-state index in [1.165, 1.54) is 4.63 Å². The molecule has 19 heavy (non-hydrogen) atoms. The standard InChI is InChI=1S/C12H13N7/c1-18(10-4-2-9(8-13)3-5-10)12-7-6-11-14-16-17-19(11)15-12/h2-7H,8,13H2,1H3. The highest BCUT2D eigenvalue weighted by Gasteiger charge is 2.07. The zero-order valence-electron chi connectivity index (χ0n) is 10.4. The zero-order valence-corrected chi connectivity index (χ0v) is 10.4. The summed E-state index contributed by atoms with van der Waals surface area (Å²) < 4.78 is 1.40. The highest BCUT2D eigenvalue weighted by Crippen LogP contribution is 2.21. The van der Waals surface area contributed by atoms with Crippen LogP contribution in [0.5, 0.6) is 0 Å². The summed E-state index contributed by atoms with van der Waals surface area (Å²) in [7, 11) is 1.94. The lowest BCUT2D eigenvalue weighted by Gasteiger charge is -2.18. The number of rotatable bonds is 3. The van der Waals surface area contributed by atoms with Gasteiger partial charge in [-0.05, 0) is 40.3 Å². The Kier molecular flexibility index (Phi) is 2.81. The molecule has 0 bridgehead atoms. The predicted octanol–water partition coefficient (Wildman–Crippen LogP) is 0.746. The van der Waals surface area contributed by atoms with Gasteiger partial charge in [-0.25, -0.2) is 0 Å². The van der Waals surface area contributed by atoms with Gasteiger partial charge < -0.3 is 10.6 Å². The summed E-state index contributed by atoms with van der Waals surface area (Å²) >= 11 is 0. The molecule has 0 amide bonds. The van der Waals surface area contributed by atoms with Crippen LogP contribution in [0.15, 0.2) is 36.4 Å². The summed E-state index contributed by atoms with van der Waals surface area (Å²) in [5.74, 6) is 0.764. The van der Waals surface area contributed by atoms with E-state index in [-0.39, 0.29) is 0 Å². The topological polar surface area (TPSA) is 85.2 Å². The molecule has 0 aliphatic heterocycles. The molecule has 0 atom stereocenters. The van der Waals surface area contributed by atoms with E-state index < -0.39 is 0 Å². The summed E-state index contributed by atoms with van der Waals surface area (Å²) in [6.07, 6.45) is 0. The Morgan fingerprint density at radius 1 is 1.16 bits per heavy atom. The first-order valence-electron chi connectivity index (χ1n) is 5.86. The van der Waals surface area contributed by atoms with Crippen molar-refractivity contribution in [1.82, 2.24) is 25.3 Å². The minimum Gasteiger partial charge on any atom is -0.328 e.